The van der Waals surface area contributed by atoms with Crippen molar-refractivity contribution >= 4 is 37.8 Å². The van der Waals surface area contributed by atoms with Crippen molar-refractivity contribution < 1.29 is 101 Å². The van der Waals surface area contributed by atoms with Crippen LogP contribution in [0.25, 0.3) is 0 Å². The van der Waals surface area contributed by atoms with Crippen molar-refractivity contribution in [1.82, 2.24) is 0 Å². The molecule has 0 saturated carbocycles. The van der Waals surface area contributed by atoms with Gasteiger partial charge in [-0.1, -0.05) is 18.2 Å². The molecule has 0 N–H and O–H groups in total. The molecule has 62 heavy (non-hydrogen) atoms. The summed E-state index contributed by atoms with van der Waals surface area (Å²) in [6.45, 7) is 0.671. The molecule has 0 bridgehead atoms. The molecule has 3 nitrogen and oxygen atoms in total. The Kier molecular flexibility index (Phi) is 12.8. The van der Waals surface area contributed by atoms with Gasteiger partial charge in [0.25, 0.3) is 0 Å². The maximum Gasteiger partial charge on any atom is 0.200 e. The van der Waals surface area contributed by atoms with Crippen molar-refractivity contribution in [3.8, 4) is 0 Å². The van der Waals surface area contributed by atoms with Crippen molar-refractivity contribution in [3.63, 3.8) is 0 Å². The van der Waals surface area contributed by atoms with E-state index >= 15 is 35.1 Å². The highest BCUT2D eigenvalue weighted by Crippen LogP contribution is 2.30. The first-order valence-electron chi connectivity index (χ1n) is 16.2. The first-order chi connectivity index (χ1) is 28.8. The van der Waals surface area contributed by atoms with Gasteiger partial charge in [0.1, 0.15) is 52.7 Å². The summed E-state index contributed by atoms with van der Waals surface area (Å²) >= 11 is 0. The molecule has 0 atom stereocenters. The number of aromatic nitrogens is 1. The Balaban J connectivity index is 0.000000355. The molecule has 0 radical (unpaired) electrons. The third-order valence-electron chi connectivity index (χ3n) is 9.18. The van der Waals surface area contributed by atoms with E-state index in [2.05, 4.69) is 0 Å². The molecule has 0 unspecified atom stereocenters. The first kappa shape index (κ1) is 46.9. The molecule has 328 valence electrons. The maximum absolute atomic E-state index is 15.4. The summed E-state index contributed by atoms with van der Waals surface area (Å²) in [4.78, 5) is 0.367. The van der Waals surface area contributed by atoms with E-state index in [1.165, 1.54) is 6.26 Å². The second-order valence-corrected chi connectivity index (χ2v) is 14.8. The summed E-state index contributed by atoms with van der Waals surface area (Å²) < 4.78 is 319. The highest BCUT2D eigenvalue weighted by molar-refractivity contribution is 7.90. The van der Waals surface area contributed by atoms with Gasteiger partial charge in [-0.05, 0) is 12.1 Å². The highest BCUT2D eigenvalue weighted by Gasteiger charge is 2.52. The smallest absolute Gasteiger partial charge is 0.200 e. The number of pyridine rings is 1. The summed E-state index contributed by atoms with van der Waals surface area (Å²) in [5, 5.41) is 0. The molecule has 6 aromatic rings. The minimum atomic E-state index is -7.22. The van der Waals surface area contributed by atoms with E-state index < -0.39 is 154 Å². The second-order valence-electron chi connectivity index (χ2n) is 12.8. The normalized spacial score (nSPS) is 11.8. The average molecular weight is 927 g/mol. The number of benzene rings is 5. The van der Waals surface area contributed by atoms with Crippen LogP contribution >= 0.6 is 0 Å². The maximum atomic E-state index is 15.4. The minimum Gasteiger partial charge on any atom is -0.224 e. The lowest BCUT2D eigenvalue weighted by Gasteiger charge is -2.44. The van der Waals surface area contributed by atoms with Crippen LogP contribution in [0.15, 0.2) is 59.8 Å². The average Bonchev–Trinajstić information content (AvgIpc) is 3.24. The Bertz CT molecular complexity index is 2530. The molecule has 0 aliphatic heterocycles. The van der Waals surface area contributed by atoms with Crippen LogP contribution in [0.3, 0.4) is 0 Å². The summed E-state index contributed by atoms with van der Waals surface area (Å²) in [6.07, 6.45) is -2.09. The lowest BCUT2D eigenvalue weighted by Crippen LogP contribution is -2.81. The van der Waals surface area contributed by atoms with Crippen molar-refractivity contribution in [2.75, 3.05) is 6.26 Å². The molecule has 5 aromatic carbocycles. The van der Waals surface area contributed by atoms with Crippen LogP contribution in [0.4, 0.5) is 87.8 Å². The number of rotatable bonds is 7. The fourth-order valence-corrected chi connectivity index (χ4v) is 7.19. The lowest BCUT2D eigenvalue weighted by atomic mass is 9.12. The molecule has 1 aromatic heterocycles. The zero-order chi connectivity index (χ0) is 46.7. The van der Waals surface area contributed by atoms with Crippen LogP contribution < -0.4 is 26.4 Å². The van der Waals surface area contributed by atoms with Gasteiger partial charge >= 0.3 is 0 Å². The van der Waals surface area contributed by atoms with Crippen LogP contribution in [0.5, 0.6) is 0 Å². The number of nitrogens with zero attached hydrogens (tertiary/aromatic N) is 1. The molecular weight excluding hydrogens is 913 g/mol. The molecule has 1 heterocycles. The first-order valence-corrected chi connectivity index (χ1v) is 18.1. The molecule has 0 amide bonds. The fourth-order valence-electron chi connectivity index (χ4n) is 6.50. The molecular formula is C37H14BF20NO2S. The predicted molar refractivity (Wildman–Crippen MR) is 175 cm³/mol. The lowest BCUT2D eigenvalue weighted by molar-refractivity contribution is -0.688. The summed E-state index contributed by atoms with van der Waals surface area (Å²) in [5.74, 6) is -71.4. The van der Waals surface area contributed by atoms with Gasteiger partial charge < -0.3 is 0 Å². The molecule has 0 aliphatic rings. The predicted octanol–water partition coefficient (Wildman–Crippen LogP) is 7.27. The van der Waals surface area contributed by atoms with Gasteiger partial charge in [0.2, 0.25) is 0 Å². The van der Waals surface area contributed by atoms with Crippen LogP contribution in [-0.2, 0) is 16.4 Å². The third kappa shape index (κ3) is 7.48. The highest BCUT2D eigenvalue weighted by atomic mass is 32.2. The van der Waals surface area contributed by atoms with Crippen LogP contribution in [0.2, 0.25) is 0 Å². The van der Waals surface area contributed by atoms with Crippen LogP contribution in [-0.4, -0.2) is 20.8 Å². The quantitative estimate of drug-likeness (QED) is 0.0556. The van der Waals surface area contributed by atoms with E-state index in [-0.39, 0.29) is 0 Å². The summed E-state index contributed by atoms with van der Waals surface area (Å²) in [5.41, 5.74) is -13.4. The molecule has 0 aliphatic carbocycles. The van der Waals surface area contributed by atoms with Gasteiger partial charge in [-0.3, -0.25) is 0 Å². The summed E-state index contributed by atoms with van der Waals surface area (Å²) in [7, 11) is -3.13. The topological polar surface area (TPSA) is 38.0 Å². The largest absolute Gasteiger partial charge is 0.224 e. The Morgan fingerprint density at radius 2 is 0.645 bits per heavy atom. The number of sulfone groups is 1. The Hall–Kier alpha value is -6.14. The van der Waals surface area contributed by atoms with E-state index in [0.29, 0.717) is 11.4 Å². The Labute approximate surface area is 332 Å². The van der Waals surface area contributed by atoms with Gasteiger partial charge in [0.15, 0.2) is 98.6 Å². The monoisotopic (exact) mass is 927 g/mol. The number of halogens is 20. The van der Waals surface area contributed by atoms with Gasteiger partial charge in [-0.15, -0.1) is 21.9 Å². The Morgan fingerprint density at radius 3 is 0.903 bits per heavy atom. The molecule has 6 rings (SSSR count). The van der Waals surface area contributed by atoms with Gasteiger partial charge in [-0.2, -0.15) is 0 Å². The van der Waals surface area contributed by atoms with Gasteiger partial charge in [0.05, 0.1) is 4.90 Å². The summed E-state index contributed by atoms with van der Waals surface area (Å²) in [6, 6.07) is 12.9. The van der Waals surface area contributed by atoms with E-state index in [9.17, 15) is 61.1 Å². The minimum absolute atomic E-state index is 0.367. The van der Waals surface area contributed by atoms with Gasteiger partial charge in [0, 0.05) is 24.0 Å². The van der Waals surface area contributed by atoms with Crippen molar-refractivity contribution in [1.29, 1.82) is 0 Å². The van der Waals surface area contributed by atoms with E-state index in [1.54, 1.807) is 18.2 Å². The van der Waals surface area contributed by atoms with Crippen LogP contribution in [0.1, 0.15) is 5.56 Å². The second kappa shape index (κ2) is 17.0. The number of hydrogen-bond acceptors (Lipinski definition) is 2. The third-order valence-corrected chi connectivity index (χ3v) is 10.3. The molecule has 0 saturated heterocycles. The van der Waals surface area contributed by atoms with Crippen molar-refractivity contribution in [3.05, 3.63) is 177 Å². The Morgan fingerprint density at radius 1 is 0.387 bits per heavy atom. The molecule has 25 heteroatoms. The van der Waals surface area contributed by atoms with E-state index in [1.807, 2.05) is 41.2 Å². The van der Waals surface area contributed by atoms with Crippen molar-refractivity contribution in [2.45, 2.75) is 11.4 Å². The zero-order valence-corrected chi connectivity index (χ0v) is 30.5. The SMILES string of the molecule is CS(=O)(=O)c1cccc(C[n+]2ccccc2)c1.Fc1c(F)c(F)c([B-](c2c(F)c(F)c(F)c(F)c2F)(c2c(F)c(F)c(F)c(F)c2F)c2c(F)c(F)c(F)c(F)c2F)c(F)c1F. The fraction of sp³-hybridized carbons (Fsp3) is 0.0541. The van der Waals surface area contributed by atoms with Crippen molar-refractivity contribution in [2.24, 2.45) is 0 Å². The van der Waals surface area contributed by atoms with E-state index in [0.717, 1.165) is 5.56 Å². The standard InChI is InChI=1S/C24BF20.C13H14NO2S/c26-5-1(6(27)14(35)21(42)13(5)34)25(2-7(28)15(36)22(43)16(37)8(2)29,3-9(30)17(38)23(44)18(39)10(3)31)4-11(32)19(40)24(45)20(41)12(4)33;1-17(15,16)13-7-5-6-12(10-13)11-14-8-3-2-4-9-14/h;2-10H,11H2,1H3/q-1;+1. The van der Waals surface area contributed by atoms with E-state index in [4.69, 9.17) is 0 Å². The molecule has 0 fully saturated rings. The van der Waals surface area contributed by atoms with Crippen LogP contribution in [0, 0.1) is 116 Å². The van der Waals surface area contributed by atoms with Gasteiger partial charge in [-0.25, -0.2) is 101 Å². The number of hydrogen-bond donors (Lipinski definition) is 0. The molecule has 0 spiro atoms. The zero-order valence-electron chi connectivity index (χ0n) is 29.7.